The number of ether oxygens (including phenoxy) is 2. The van der Waals surface area contributed by atoms with Gasteiger partial charge in [-0.3, -0.25) is 43.3 Å². The van der Waals surface area contributed by atoms with Crippen molar-refractivity contribution in [3.63, 3.8) is 0 Å². The Balaban J connectivity index is 1.48. The summed E-state index contributed by atoms with van der Waals surface area (Å²) in [5.41, 5.74) is 5.04. The van der Waals surface area contributed by atoms with Crippen LogP contribution in [0.3, 0.4) is 0 Å². The van der Waals surface area contributed by atoms with Gasteiger partial charge in [0.25, 0.3) is 0 Å². The number of rotatable bonds is 34. The number of amides is 9. The van der Waals surface area contributed by atoms with Gasteiger partial charge < -0.3 is 49.9 Å². The van der Waals surface area contributed by atoms with E-state index in [1.165, 1.54) is 78.6 Å². The lowest BCUT2D eigenvalue weighted by Gasteiger charge is -2.39. The summed E-state index contributed by atoms with van der Waals surface area (Å²) in [5, 5.41) is 8.51. The van der Waals surface area contributed by atoms with Gasteiger partial charge in [-0.05, 0) is 102 Å². The molecule has 0 unspecified atom stereocenters. The molecule has 0 fully saturated rings. The van der Waals surface area contributed by atoms with Crippen molar-refractivity contribution in [2.24, 2.45) is 35.5 Å². The fourth-order valence-corrected chi connectivity index (χ4v) is 12.0. The first-order valence-corrected chi connectivity index (χ1v) is 33.1. The number of esters is 1. The summed E-state index contributed by atoms with van der Waals surface area (Å²) in [6.45, 7) is 25.3. The fraction of sp³-hybridized carbons (Fsp3) is 0.611. The molecular weight excluding hydrogens is 1180 g/mol. The molecule has 4 rings (SSSR count). The number of fused-ring (bicyclic) bond motifs is 3. The zero-order valence-electron chi connectivity index (χ0n) is 59.1. The van der Waals surface area contributed by atoms with Crippen LogP contribution in [0, 0.1) is 35.5 Å². The van der Waals surface area contributed by atoms with Gasteiger partial charge in [-0.25, -0.2) is 9.59 Å². The lowest BCUT2D eigenvalue weighted by Crippen LogP contribution is -2.60. The molecule has 0 spiro atoms. The van der Waals surface area contributed by atoms with E-state index in [9.17, 15) is 47.9 Å². The number of nitrogens with one attached hydrogen (secondary N) is 3. The van der Waals surface area contributed by atoms with Gasteiger partial charge in [0.15, 0.2) is 0 Å². The van der Waals surface area contributed by atoms with E-state index in [1.807, 2.05) is 143 Å². The largest absolute Gasteiger partial charge is 0.459 e. The van der Waals surface area contributed by atoms with E-state index in [4.69, 9.17) is 9.47 Å². The van der Waals surface area contributed by atoms with Crippen LogP contribution in [0.2, 0.25) is 0 Å². The smallest absolute Gasteiger partial charge is 0.410 e. The normalized spacial score (nSPS) is 14.6. The van der Waals surface area contributed by atoms with Crippen LogP contribution >= 0.6 is 0 Å². The molecule has 0 heterocycles. The second kappa shape index (κ2) is 36.0. The molecule has 21 heteroatoms. The van der Waals surface area contributed by atoms with E-state index in [-0.39, 0.29) is 74.9 Å². The third-order valence-corrected chi connectivity index (χ3v) is 17.3. The van der Waals surface area contributed by atoms with Gasteiger partial charge in [-0.2, -0.15) is 0 Å². The maximum Gasteiger partial charge on any atom is 0.410 e. The van der Waals surface area contributed by atoms with Gasteiger partial charge in [0, 0.05) is 48.2 Å². The highest BCUT2D eigenvalue weighted by Crippen LogP contribution is 2.44. The monoisotopic (exact) mass is 1290 g/mol. The Morgan fingerprint density at radius 2 is 0.914 bits per heavy atom. The van der Waals surface area contributed by atoms with Gasteiger partial charge in [0.2, 0.25) is 47.3 Å². The third kappa shape index (κ3) is 21.3. The van der Waals surface area contributed by atoms with Crippen molar-refractivity contribution in [2.75, 3.05) is 55.4 Å². The SMILES string of the molecule is CCC[C@H](NC(=O)[C@H](CC(C)C)N(C)C(=O)[C@H](C(C)C)N(C)C(=O)[C@H](CC(C)C)N(C)C(=O)OCC1c2ccccc2-c2ccccc21)C(=O)N(C)CC(=O)N(C)[C@@H](CC(C)C)C(=O)N[C@H](C(=O)N(C)[C@@H](CC(C)C)C(=O)N[C@@H](C)C(=O)OCc1ccccc1)C(C)C. The maximum atomic E-state index is 15.0. The van der Waals surface area contributed by atoms with E-state index in [1.54, 1.807) is 13.8 Å². The highest BCUT2D eigenvalue weighted by molar-refractivity contribution is 5.98. The molecule has 3 N–H and O–H groups in total. The van der Waals surface area contributed by atoms with Gasteiger partial charge in [-0.15, -0.1) is 0 Å². The number of likely N-dealkylation sites (N-methyl/N-ethyl adjacent to an activating group) is 6. The second-order valence-electron chi connectivity index (χ2n) is 27.6. The van der Waals surface area contributed by atoms with Crippen molar-refractivity contribution in [3.8, 4) is 11.1 Å². The summed E-state index contributed by atoms with van der Waals surface area (Å²) < 4.78 is 11.4. The third-order valence-electron chi connectivity index (χ3n) is 17.3. The lowest BCUT2D eigenvalue weighted by molar-refractivity contribution is -0.152. The zero-order valence-corrected chi connectivity index (χ0v) is 59.1. The summed E-state index contributed by atoms with van der Waals surface area (Å²) in [6.07, 6.45) is 0.861. The summed E-state index contributed by atoms with van der Waals surface area (Å²) in [6, 6.07) is 16.6. The first kappa shape index (κ1) is 77.6. The molecule has 9 amide bonds. The standard InChI is InChI=1S/C72H109N9O12/c1-21-29-56(67(86)76(15)40-61(82)77(16)57(36-43(2)3)66(85)75-62(47(10)11)69(88)78(17)58(37-44(4)5)64(83)73-49(14)71(90)92-41-50-30-23-22-24-31-50)74-65(84)59(38-45(6)7)79(18)70(89)63(48(12)13)81(20)68(87)60(39-46(8)9)80(19)72(91)93-42-55-53-34-27-25-32-51(53)52-33-26-28-35-54(52)55/h22-28,30-35,43-49,55-60,62-63H,21,29,36-42H2,1-20H3,(H,73,83)(H,74,84)(H,75,85)/t49-,56-,57-,58-,59-,60-,62-,63-/m0/s1. The molecule has 1 aliphatic rings. The number of hydrogen-bond donors (Lipinski definition) is 3. The second-order valence-corrected chi connectivity index (χ2v) is 27.6. The van der Waals surface area contributed by atoms with Gasteiger partial charge in [0.05, 0.1) is 6.54 Å². The Bertz CT molecular complexity index is 2980. The van der Waals surface area contributed by atoms with E-state index in [2.05, 4.69) is 28.1 Å². The number of carbonyl (C=O) groups excluding carboxylic acids is 10. The molecule has 1 aliphatic carbocycles. The highest BCUT2D eigenvalue weighted by Gasteiger charge is 2.43. The molecule has 93 heavy (non-hydrogen) atoms. The van der Waals surface area contributed by atoms with Crippen molar-refractivity contribution in [1.82, 2.24) is 45.3 Å². The van der Waals surface area contributed by atoms with Crippen molar-refractivity contribution in [2.45, 2.75) is 196 Å². The van der Waals surface area contributed by atoms with E-state index in [0.29, 0.717) is 6.42 Å². The number of benzene rings is 3. The Morgan fingerprint density at radius 1 is 0.462 bits per heavy atom. The quantitative estimate of drug-likeness (QED) is 0.0477. The Kier molecular flexibility index (Phi) is 30.0. The molecule has 0 saturated carbocycles. The van der Waals surface area contributed by atoms with Crippen LogP contribution in [0.5, 0.6) is 0 Å². The molecule has 21 nitrogen and oxygen atoms in total. The Morgan fingerprint density at radius 3 is 1.40 bits per heavy atom. The van der Waals surface area contributed by atoms with Crippen LogP contribution in [0.4, 0.5) is 4.79 Å². The van der Waals surface area contributed by atoms with E-state index < -0.39 is 126 Å². The van der Waals surface area contributed by atoms with Gasteiger partial charge in [-0.1, -0.05) is 175 Å². The minimum atomic E-state index is -1.13. The minimum absolute atomic E-state index is 0.0169. The maximum absolute atomic E-state index is 15.0. The molecule has 8 atom stereocenters. The molecule has 3 aromatic carbocycles. The molecule has 3 aromatic rings. The van der Waals surface area contributed by atoms with Crippen LogP contribution in [-0.4, -0.2) is 192 Å². The molecule has 514 valence electrons. The first-order valence-electron chi connectivity index (χ1n) is 33.1. The highest BCUT2D eigenvalue weighted by atomic mass is 16.6. The van der Waals surface area contributed by atoms with Gasteiger partial charge >= 0.3 is 12.1 Å². The Labute approximate surface area is 553 Å². The first-order chi connectivity index (χ1) is 43.6. The molecule has 0 aliphatic heterocycles. The summed E-state index contributed by atoms with van der Waals surface area (Å²) in [7, 11) is 8.94. The van der Waals surface area contributed by atoms with Gasteiger partial charge in [0.1, 0.15) is 61.5 Å². The van der Waals surface area contributed by atoms with Crippen LogP contribution < -0.4 is 16.0 Å². The van der Waals surface area contributed by atoms with Crippen LogP contribution in [0.15, 0.2) is 78.9 Å². The molecule has 0 bridgehead atoms. The molecule has 0 saturated heterocycles. The van der Waals surface area contributed by atoms with E-state index >= 15 is 0 Å². The number of nitrogens with zero attached hydrogens (tertiary/aromatic N) is 6. The zero-order chi connectivity index (χ0) is 69.9. The molecule has 0 radical (unpaired) electrons. The average molecular weight is 1290 g/mol. The predicted molar refractivity (Wildman–Crippen MR) is 361 cm³/mol. The number of carbonyl (C=O) groups is 10. The predicted octanol–water partition coefficient (Wildman–Crippen LogP) is 8.52. The molecular formula is C72H109N9O12. The van der Waals surface area contributed by atoms with Crippen molar-refractivity contribution < 1.29 is 57.4 Å². The summed E-state index contributed by atoms with van der Waals surface area (Å²) in [5.74, 6) is -6.59. The van der Waals surface area contributed by atoms with Crippen LogP contribution in [0.1, 0.15) is 158 Å². The van der Waals surface area contributed by atoms with Crippen molar-refractivity contribution >= 4 is 59.3 Å². The lowest BCUT2D eigenvalue weighted by atomic mass is 9.95. The average Bonchev–Trinajstić information content (AvgIpc) is 1.65. The topological polar surface area (TPSA) is 245 Å². The summed E-state index contributed by atoms with van der Waals surface area (Å²) >= 11 is 0. The van der Waals surface area contributed by atoms with Crippen LogP contribution in [-0.2, 0) is 59.2 Å². The minimum Gasteiger partial charge on any atom is -0.459 e. The van der Waals surface area contributed by atoms with Crippen molar-refractivity contribution in [1.29, 1.82) is 0 Å². The Hall–Kier alpha value is -7.84. The van der Waals surface area contributed by atoms with Crippen molar-refractivity contribution in [3.05, 3.63) is 95.6 Å². The van der Waals surface area contributed by atoms with Crippen LogP contribution in [0.25, 0.3) is 11.1 Å². The fourth-order valence-electron chi connectivity index (χ4n) is 12.0. The molecule has 0 aromatic heterocycles. The summed E-state index contributed by atoms with van der Waals surface area (Å²) in [4.78, 5) is 151. The number of hydrogen-bond acceptors (Lipinski definition) is 12. The van der Waals surface area contributed by atoms with E-state index in [0.717, 1.165) is 27.8 Å².